The van der Waals surface area contributed by atoms with Crippen LogP contribution in [0.3, 0.4) is 0 Å². The van der Waals surface area contributed by atoms with Gasteiger partial charge in [0.1, 0.15) is 10.5 Å². The highest BCUT2D eigenvalue weighted by Gasteiger charge is 2.01. The molecule has 2 nitrogen and oxygen atoms in total. The van der Waals surface area contributed by atoms with Gasteiger partial charge in [-0.1, -0.05) is 30.7 Å². The number of benzene rings is 1. The van der Waals surface area contributed by atoms with Gasteiger partial charge in [0.2, 0.25) is 0 Å². The van der Waals surface area contributed by atoms with Gasteiger partial charge in [0.05, 0.1) is 0 Å². The number of nitrogens with one attached hydrogen (secondary N) is 1. The average Bonchev–Trinajstić information content (AvgIpc) is 2.29. The Morgan fingerprint density at radius 3 is 2.62 bits per heavy atom. The fraction of sp³-hybridized carbons (Fsp3) is 0.167. The van der Waals surface area contributed by atoms with E-state index in [9.17, 15) is 0 Å². The first kappa shape index (κ1) is 11.3. The van der Waals surface area contributed by atoms with Crippen molar-refractivity contribution in [2.24, 2.45) is 0 Å². The zero-order valence-corrected chi connectivity index (χ0v) is 10.4. The van der Waals surface area contributed by atoms with Crippen LogP contribution in [0.4, 0.5) is 0 Å². The number of H-pyrrole nitrogens is 1. The number of halogens is 1. The van der Waals surface area contributed by atoms with Crippen molar-refractivity contribution >= 4 is 23.8 Å². The number of rotatable bonds is 2. The minimum atomic E-state index is 0.612. The first-order valence-electron chi connectivity index (χ1n) is 5.05. The minimum absolute atomic E-state index is 0.612. The summed E-state index contributed by atoms with van der Waals surface area (Å²) in [5.74, 6) is 0.793. The molecule has 1 aromatic carbocycles. The molecule has 0 unspecified atom stereocenters. The van der Waals surface area contributed by atoms with Crippen LogP contribution in [0, 0.1) is 4.64 Å². The van der Waals surface area contributed by atoms with Crippen molar-refractivity contribution in [3.63, 3.8) is 0 Å². The fourth-order valence-corrected chi connectivity index (χ4v) is 1.80. The Morgan fingerprint density at radius 1 is 1.31 bits per heavy atom. The maximum Gasteiger partial charge on any atom is 0.139 e. The molecule has 0 spiro atoms. The van der Waals surface area contributed by atoms with Crippen molar-refractivity contribution in [2.45, 2.75) is 13.3 Å². The number of nitrogens with zero attached hydrogens (tertiary/aromatic N) is 1. The molecule has 0 saturated carbocycles. The molecule has 0 amide bonds. The number of hydrogen-bond acceptors (Lipinski definition) is 2. The normalized spacial score (nSPS) is 10.4. The van der Waals surface area contributed by atoms with Gasteiger partial charge in [-0.3, -0.25) is 0 Å². The summed E-state index contributed by atoms with van der Waals surface area (Å²) in [7, 11) is 0. The van der Waals surface area contributed by atoms with E-state index in [1.54, 1.807) is 0 Å². The number of aryl methyl sites for hydroxylation is 1. The summed E-state index contributed by atoms with van der Waals surface area (Å²) in [6.07, 6.45) is 0.909. The van der Waals surface area contributed by atoms with Gasteiger partial charge >= 0.3 is 0 Å². The van der Waals surface area contributed by atoms with Crippen LogP contribution in [-0.2, 0) is 6.42 Å². The Balaban J connectivity index is 2.51. The highest BCUT2D eigenvalue weighted by Crippen LogP contribution is 2.18. The van der Waals surface area contributed by atoms with Crippen LogP contribution in [0.2, 0.25) is 5.02 Å². The van der Waals surface area contributed by atoms with Gasteiger partial charge < -0.3 is 4.98 Å². The molecule has 0 aliphatic carbocycles. The topological polar surface area (TPSA) is 28.7 Å². The first-order valence-corrected chi connectivity index (χ1v) is 5.84. The van der Waals surface area contributed by atoms with Gasteiger partial charge in [0.15, 0.2) is 0 Å². The third-order valence-corrected chi connectivity index (χ3v) is 2.76. The smallest absolute Gasteiger partial charge is 0.139 e. The zero-order valence-electron chi connectivity index (χ0n) is 8.83. The largest absolute Gasteiger partial charge is 0.343 e. The lowest BCUT2D eigenvalue weighted by atomic mass is 10.2. The molecular weight excluding hydrogens is 240 g/mol. The summed E-state index contributed by atoms with van der Waals surface area (Å²) in [5, 5.41) is 0.717. The third kappa shape index (κ3) is 2.49. The van der Waals surface area contributed by atoms with Crippen molar-refractivity contribution in [1.29, 1.82) is 0 Å². The molecule has 0 saturated heterocycles. The van der Waals surface area contributed by atoms with E-state index in [1.165, 1.54) is 0 Å². The molecule has 0 aliphatic rings. The van der Waals surface area contributed by atoms with E-state index >= 15 is 0 Å². The van der Waals surface area contributed by atoms with E-state index in [1.807, 2.05) is 30.3 Å². The Labute approximate surface area is 104 Å². The summed E-state index contributed by atoms with van der Waals surface area (Å²) in [6, 6.07) is 9.42. The van der Waals surface area contributed by atoms with E-state index < -0.39 is 0 Å². The molecule has 4 heteroatoms. The highest BCUT2D eigenvalue weighted by atomic mass is 35.5. The second kappa shape index (κ2) is 4.76. The fourth-order valence-electron chi connectivity index (χ4n) is 1.44. The summed E-state index contributed by atoms with van der Waals surface area (Å²) in [6.45, 7) is 2.08. The molecule has 82 valence electrons. The monoisotopic (exact) mass is 250 g/mol. The molecule has 1 aromatic heterocycles. The Bertz CT molecular complexity index is 546. The Morgan fingerprint density at radius 2 is 2.00 bits per heavy atom. The second-order valence-electron chi connectivity index (χ2n) is 3.45. The number of aromatic amines is 1. The molecular formula is C12H11ClN2S. The lowest BCUT2D eigenvalue weighted by Crippen LogP contribution is -1.94. The molecule has 1 N–H and O–H groups in total. The molecule has 16 heavy (non-hydrogen) atoms. The van der Waals surface area contributed by atoms with E-state index in [0.29, 0.717) is 9.66 Å². The standard InChI is InChI=1S/C12H11ClN2S/c1-2-10-7-11(16)15-12(14-10)8-3-5-9(13)6-4-8/h3-7H,2H2,1H3,(H,14,15,16). The van der Waals surface area contributed by atoms with E-state index in [-0.39, 0.29) is 0 Å². The molecule has 1 heterocycles. The summed E-state index contributed by atoms with van der Waals surface area (Å²) >= 11 is 11.0. The SMILES string of the molecule is CCc1cc(=S)nc(-c2ccc(Cl)cc2)[nH]1. The maximum atomic E-state index is 5.84. The van der Waals surface area contributed by atoms with Gasteiger partial charge in [-0.2, -0.15) is 0 Å². The van der Waals surface area contributed by atoms with Gasteiger partial charge in [-0.25, -0.2) is 4.98 Å². The minimum Gasteiger partial charge on any atom is -0.343 e. The van der Waals surface area contributed by atoms with Crippen LogP contribution in [-0.4, -0.2) is 9.97 Å². The Hall–Kier alpha value is -1.19. The van der Waals surface area contributed by atoms with Crippen molar-refractivity contribution < 1.29 is 0 Å². The summed E-state index contributed by atoms with van der Waals surface area (Å²) < 4.78 is 0.612. The van der Waals surface area contributed by atoms with E-state index in [0.717, 1.165) is 23.5 Å². The van der Waals surface area contributed by atoms with Crippen molar-refractivity contribution in [1.82, 2.24) is 9.97 Å². The summed E-state index contributed by atoms with van der Waals surface area (Å²) in [5.41, 5.74) is 2.08. The number of hydrogen-bond donors (Lipinski definition) is 1. The third-order valence-electron chi connectivity index (χ3n) is 2.30. The molecule has 0 radical (unpaired) electrons. The molecule has 0 fully saturated rings. The zero-order chi connectivity index (χ0) is 11.5. The van der Waals surface area contributed by atoms with Gasteiger partial charge in [0, 0.05) is 16.3 Å². The molecule has 0 bridgehead atoms. The predicted molar refractivity (Wildman–Crippen MR) is 69.2 cm³/mol. The van der Waals surface area contributed by atoms with E-state index in [4.69, 9.17) is 23.8 Å². The molecule has 0 aliphatic heterocycles. The molecule has 0 atom stereocenters. The number of aromatic nitrogens is 2. The predicted octanol–water partition coefficient (Wildman–Crippen LogP) is 4.02. The Kier molecular flexibility index (Phi) is 3.36. The van der Waals surface area contributed by atoms with Crippen LogP contribution in [0.25, 0.3) is 11.4 Å². The first-order chi connectivity index (χ1) is 7.69. The van der Waals surface area contributed by atoms with Crippen LogP contribution in [0.5, 0.6) is 0 Å². The average molecular weight is 251 g/mol. The lowest BCUT2D eigenvalue weighted by Gasteiger charge is -2.04. The van der Waals surface area contributed by atoms with E-state index in [2.05, 4.69) is 16.9 Å². The lowest BCUT2D eigenvalue weighted by molar-refractivity contribution is 0.999. The van der Waals surface area contributed by atoms with Crippen molar-refractivity contribution in [3.8, 4) is 11.4 Å². The van der Waals surface area contributed by atoms with Gasteiger partial charge in [0.25, 0.3) is 0 Å². The molecule has 2 rings (SSSR count). The van der Waals surface area contributed by atoms with Crippen LogP contribution < -0.4 is 0 Å². The summed E-state index contributed by atoms with van der Waals surface area (Å²) in [4.78, 5) is 7.55. The highest BCUT2D eigenvalue weighted by molar-refractivity contribution is 7.71. The molecule has 2 aromatic rings. The van der Waals surface area contributed by atoms with Gasteiger partial charge in [-0.05, 0) is 36.8 Å². The van der Waals surface area contributed by atoms with Crippen LogP contribution in [0.1, 0.15) is 12.6 Å². The van der Waals surface area contributed by atoms with Crippen molar-refractivity contribution in [3.05, 3.63) is 45.7 Å². The van der Waals surface area contributed by atoms with Crippen molar-refractivity contribution in [2.75, 3.05) is 0 Å². The maximum absolute atomic E-state index is 5.84. The van der Waals surface area contributed by atoms with Gasteiger partial charge in [-0.15, -0.1) is 0 Å². The second-order valence-corrected chi connectivity index (χ2v) is 4.31. The van der Waals surface area contributed by atoms with Crippen LogP contribution in [0.15, 0.2) is 30.3 Å². The van der Waals surface area contributed by atoms with Crippen LogP contribution >= 0.6 is 23.8 Å². The quantitative estimate of drug-likeness (QED) is 0.816.